The van der Waals surface area contributed by atoms with Crippen LogP contribution < -0.4 is 10.2 Å². The number of carbonyl (C=O) groups excluding carboxylic acids is 1. The lowest BCUT2D eigenvalue weighted by molar-refractivity contribution is 0.150. The summed E-state index contributed by atoms with van der Waals surface area (Å²) >= 11 is 0. The Labute approximate surface area is 138 Å². The molecule has 2 bridgehead atoms. The van der Waals surface area contributed by atoms with E-state index in [2.05, 4.69) is 42.4 Å². The molecule has 3 aliphatic rings. The second-order valence-corrected chi connectivity index (χ2v) is 7.44. The minimum atomic E-state index is 0.0994. The molecule has 124 valence electrons. The van der Waals surface area contributed by atoms with Gasteiger partial charge in [0.1, 0.15) is 0 Å². The molecule has 4 nitrogen and oxygen atoms in total. The average molecular weight is 313 g/mol. The number of anilines is 1. The first-order chi connectivity index (χ1) is 11.2. The first kappa shape index (κ1) is 15.0. The molecule has 4 heteroatoms. The topological polar surface area (TPSA) is 35.6 Å². The fourth-order valence-corrected chi connectivity index (χ4v) is 4.82. The van der Waals surface area contributed by atoms with Gasteiger partial charge in [0.2, 0.25) is 0 Å². The molecule has 1 aromatic rings. The molecule has 0 radical (unpaired) electrons. The number of hydrogen-bond acceptors (Lipinski definition) is 2. The third-order valence-electron chi connectivity index (χ3n) is 6.23. The molecule has 23 heavy (non-hydrogen) atoms. The van der Waals surface area contributed by atoms with Crippen molar-refractivity contribution in [3.8, 4) is 0 Å². The van der Waals surface area contributed by atoms with E-state index in [4.69, 9.17) is 0 Å². The maximum absolute atomic E-state index is 12.9. The molecule has 2 saturated heterocycles. The number of carbonyl (C=O) groups is 1. The van der Waals surface area contributed by atoms with Crippen molar-refractivity contribution < 1.29 is 4.79 Å². The lowest BCUT2D eigenvalue weighted by Crippen LogP contribution is -2.51. The van der Waals surface area contributed by atoms with E-state index >= 15 is 0 Å². The van der Waals surface area contributed by atoms with Crippen LogP contribution in [-0.2, 0) is 0 Å². The summed E-state index contributed by atoms with van der Waals surface area (Å²) in [6.45, 7) is 3.03. The Bertz CT molecular complexity index is 588. The average Bonchev–Trinajstić information content (AvgIpc) is 3.01. The van der Waals surface area contributed by atoms with Crippen LogP contribution in [0.3, 0.4) is 0 Å². The Balaban J connectivity index is 1.46. The van der Waals surface area contributed by atoms with Crippen LogP contribution in [0, 0.1) is 0 Å². The number of fused-ring (bicyclic) bond motifs is 3. The van der Waals surface area contributed by atoms with Gasteiger partial charge in [0, 0.05) is 36.3 Å². The van der Waals surface area contributed by atoms with E-state index in [0.717, 1.165) is 31.5 Å². The number of para-hydroxylation sites is 1. The highest BCUT2D eigenvalue weighted by Gasteiger charge is 2.40. The standard InChI is InChI=1S/C19H27N3O/c1-3-13-12-22(18-7-5-4-6-17(13)18)19(23)20-14-10-15-8-9-16(11-14)21(15)2/h4-7,13-16H,3,8-12H2,1-2H3,(H,20,23). The molecule has 0 aromatic heterocycles. The van der Waals surface area contributed by atoms with Crippen LogP contribution in [0.15, 0.2) is 24.3 Å². The Kier molecular flexibility index (Phi) is 3.80. The molecular weight excluding hydrogens is 286 g/mol. The second kappa shape index (κ2) is 5.82. The van der Waals surface area contributed by atoms with Crippen LogP contribution in [0.2, 0.25) is 0 Å². The Morgan fingerprint density at radius 1 is 1.22 bits per heavy atom. The number of nitrogens with zero attached hydrogens (tertiary/aromatic N) is 2. The predicted molar refractivity (Wildman–Crippen MR) is 92.9 cm³/mol. The largest absolute Gasteiger partial charge is 0.335 e. The minimum Gasteiger partial charge on any atom is -0.335 e. The fraction of sp³-hybridized carbons (Fsp3) is 0.632. The molecule has 0 aliphatic carbocycles. The summed E-state index contributed by atoms with van der Waals surface area (Å²) in [6.07, 6.45) is 5.87. The van der Waals surface area contributed by atoms with Crippen LogP contribution in [0.25, 0.3) is 0 Å². The van der Waals surface area contributed by atoms with Gasteiger partial charge in [0.25, 0.3) is 0 Å². The molecule has 3 aliphatic heterocycles. The quantitative estimate of drug-likeness (QED) is 0.909. The van der Waals surface area contributed by atoms with Gasteiger partial charge in [-0.3, -0.25) is 4.90 Å². The van der Waals surface area contributed by atoms with Crippen molar-refractivity contribution in [1.82, 2.24) is 10.2 Å². The Hall–Kier alpha value is -1.55. The summed E-state index contributed by atoms with van der Waals surface area (Å²) in [5, 5.41) is 3.33. The summed E-state index contributed by atoms with van der Waals surface area (Å²) < 4.78 is 0. The van der Waals surface area contributed by atoms with E-state index in [1.54, 1.807) is 0 Å². The van der Waals surface area contributed by atoms with Crippen molar-refractivity contribution in [1.29, 1.82) is 0 Å². The molecule has 3 unspecified atom stereocenters. The van der Waals surface area contributed by atoms with Gasteiger partial charge in [-0.1, -0.05) is 25.1 Å². The molecule has 0 spiro atoms. The molecular formula is C19H27N3O. The van der Waals surface area contributed by atoms with Crippen LogP contribution in [-0.4, -0.2) is 42.6 Å². The van der Waals surface area contributed by atoms with Crippen molar-refractivity contribution in [3.05, 3.63) is 29.8 Å². The van der Waals surface area contributed by atoms with Gasteiger partial charge in [-0.2, -0.15) is 0 Å². The maximum Gasteiger partial charge on any atom is 0.322 e. The smallest absolute Gasteiger partial charge is 0.322 e. The zero-order valence-electron chi connectivity index (χ0n) is 14.2. The van der Waals surface area contributed by atoms with E-state index in [-0.39, 0.29) is 6.03 Å². The molecule has 2 amide bonds. The monoisotopic (exact) mass is 313 g/mol. The van der Waals surface area contributed by atoms with E-state index in [1.165, 1.54) is 18.4 Å². The van der Waals surface area contributed by atoms with Crippen molar-refractivity contribution in [3.63, 3.8) is 0 Å². The molecule has 1 N–H and O–H groups in total. The fourth-order valence-electron chi connectivity index (χ4n) is 4.82. The number of urea groups is 1. The molecule has 0 saturated carbocycles. The minimum absolute atomic E-state index is 0.0994. The first-order valence-corrected chi connectivity index (χ1v) is 9.06. The van der Waals surface area contributed by atoms with Crippen molar-refractivity contribution in [2.45, 2.75) is 63.1 Å². The highest BCUT2D eigenvalue weighted by atomic mass is 16.2. The van der Waals surface area contributed by atoms with Gasteiger partial charge < -0.3 is 10.2 Å². The lowest BCUT2D eigenvalue weighted by Gasteiger charge is -2.37. The molecule has 2 fully saturated rings. The van der Waals surface area contributed by atoms with E-state index < -0.39 is 0 Å². The molecule has 3 atom stereocenters. The van der Waals surface area contributed by atoms with Gasteiger partial charge in [0.15, 0.2) is 0 Å². The van der Waals surface area contributed by atoms with Crippen molar-refractivity contribution in [2.24, 2.45) is 0 Å². The Morgan fingerprint density at radius 3 is 2.61 bits per heavy atom. The summed E-state index contributed by atoms with van der Waals surface area (Å²) in [5.74, 6) is 0.477. The van der Waals surface area contributed by atoms with Gasteiger partial charge in [0.05, 0.1) is 0 Å². The number of amides is 2. The van der Waals surface area contributed by atoms with Gasteiger partial charge >= 0.3 is 6.03 Å². The van der Waals surface area contributed by atoms with E-state index in [0.29, 0.717) is 24.0 Å². The zero-order chi connectivity index (χ0) is 16.0. The third-order valence-corrected chi connectivity index (χ3v) is 6.23. The highest BCUT2D eigenvalue weighted by molar-refractivity contribution is 5.94. The van der Waals surface area contributed by atoms with Crippen LogP contribution in [0.5, 0.6) is 0 Å². The van der Waals surface area contributed by atoms with E-state index in [9.17, 15) is 4.79 Å². The molecule has 3 heterocycles. The normalized spacial score (nSPS) is 32.9. The number of nitrogens with one attached hydrogen (secondary N) is 1. The van der Waals surface area contributed by atoms with Crippen molar-refractivity contribution >= 4 is 11.7 Å². The number of hydrogen-bond donors (Lipinski definition) is 1. The van der Waals surface area contributed by atoms with Crippen molar-refractivity contribution in [2.75, 3.05) is 18.5 Å². The number of benzene rings is 1. The third kappa shape index (κ3) is 2.53. The first-order valence-electron chi connectivity index (χ1n) is 9.06. The van der Waals surface area contributed by atoms with Gasteiger partial charge in [-0.05, 0) is 50.8 Å². The highest BCUT2D eigenvalue weighted by Crippen LogP contribution is 2.38. The van der Waals surface area contributed by atoms with Gasteiger partial charge in [-0.25, -0.2) is 4.79 Å². The summed E-state index contributed by atoms with van der Waals surface area (Å²) in [4.78, 5) is 17.3. The number of rotatable bonds is 2. The SMILES string of the molecule is CCC1CN(C(=O)NC2CC3CCC(C2)N3C)c2ccccc21. The lowest BCUT2D eigenvalue weighted by atomic mass is 9.98. The summed E-state index contributed by atoms with van der Waals surface area (Å²) in [5.41, 5.74) is 2.43. The predicted octanol–water partition coefficient (Wildman–Crippen LogP) is 3.34. The molecule has 4 rings (SSSR count). The van der Waals surface area contributed by atoms with E-state index in [1.807, 2.05) is 11.0 Å². The van der Waals surface area contributed by atoms with Crippen LogP contribution in [0.4, 0.5) is 10.5 Å². The maximum atomic E-state index is 12.9. The summed E-state index contributed by atoms with van der Waals surface area (Å²) in [6, 6.07) is 10.1. The zero-order valence-corrected chi connectivity index (χ0v) is 14.2. The second-order valence-electron chi connectivity index (χ2n) is 7.44. The number of piperidine rings is 1. The van der Waals surface area contributed by atoms with Gasteiger partial charge in [-0.15, -0.1) is 0 Å². The molecule has 1 aromatic carbocycles. The summed E-state index contributed by atoms with van der Waals surface area (Å²) in [7, 11) is 2.24. The van der Waals surface area contributed by atoms with Crippen LogP contribution >= 0.6 is 0 Å². The Morgan fingerprint density at radius 2 is 1.91 bits per heavy atom. The van der Waals surface area contributed by atoms with Crippen LogP contribution in [0.1, 0.15) is 50.5 Å².